The van der Waals surface area contributed by atoms with Crippen LogP contribution >= 0.6 is 11.3 Å². The number of hydrogen-bond donors (Lipinski definition) is 0. The van der Waals surface area contributed by atoms with Gasteiger partial charge in [0.05, 0.1) is 10.2 Å². The van der Waals surface area contributed by atoms with Crippen LogP contribution in [0.2, 0.25) is 0 Å². The summed E-state index contributed by atoms with van der Waals surface area (Å²) < 4.78 is 16.8. The maximum absolute atomic E-state index is 13.3. The minimum atomic E-state index is -0.294. The highest BCUT2D eigenvalue weighted by molar-refractivity contribution is 7.15. The van der Waals surface area contributed by atoms with E-state index in [-0.39, 0.29) is 11.4 Å². The van der Waals surface area contributed by atoms with Gasteiger partial charge in [-0.1, -0.05) is 65.4 Å². The zero-order valence-corrected chi connectivity index (χ0v) is 21.5. The van der Waals surface area contributed by atoms with Crippen molar-refractivity contribution in [2.24, 2.45) is 0 Å². The smallest absolute Gasteiger partial charge is 0.266 e. The average Bonchev–Trinajstić information content (AvgIpc) is 3.60. The molecule has 0 spiro atoms. The third kappa shape index (κ3) is 4.57. The molecule has 6 nitrogen and oxygen atoms in total. The van der Waals surface area contributed by atoms with Crippen molar-refractivity contribution in [3.8, 4) is 16.9 Å². The summed E-state index contributed by atoms with van der Waals surface area (Å²) in [5.41, 5.74) is 6.40. The Bertz CT molecular complexity index is 1920. The molecule has 0 atom stereocenters. The standard InChI is InChI=1S/C30H22FN5OS/c1-19-8-9-20(2)25(16-19)28-22(18-35(34-28)24-6-4-3-5-7-24)17-26-29(37)36-30(38-26)32-27(33-36)15-12-21-10-13-23(31)14-11-21/h3-18H,1-2H3/b15-12+,26-17-. The van der Waals surface area contributed by atoms with Crippen LogP contribution in [0, 0.1) is 19.7 Å². The van der Waals surface area contributed by atoms with Gasteiger partial charge in [-0.3, -0.25) is 4.79 Å². The molecule has 0 aliphatic heterocycles. The van der Waals surface area contributed by atoms with Gasteiger partial charge in [0.2, 0.25) is 4.96 Å². The molecule has 186 valence electrons. The maximum atomic E-state index is 13.3. The number of nitrogens with zero attached hydrogens (tertiary/aromatic N) is 5. The van der Waals surface area contributed by atoms with E-state index in [1.54, 1.807) is 24.3 Å². The second-order valence-corrected chi connectivity index (χ2v) is 10.0. The maximum Gasteiger partial charge on any atom is 0.291 e. The number of fused-ring (bicyclic) bond motifs is 1. The van der Waals surface area contributed by atoms with E-state index in [9.17, 15) is 9.18 Å². The van der Waals surface area contributed by atoms with Crippen LogP contribution < -0.4 is 10.1 Å². The number of hydrogen-bond acceptors (Lipinski definition) is 5. The first-order valence-electron chi connectivity index (χ1n) is 12.0. The summed E-state index contributed by atoms with van der Waals surface area (Å²) in [6.07, 6.45) is 7.29. The average molecular weight is 520 g/mol. The molecule has 0 aliphatic carbocycles. The zero-order chi connectivity index (χ0) is 26.2. The van der Waals surface area contributed by atoms with Crippen LogP contribution in [0.4, 0.5) is 4.39 Å². The third-order valence-electron chi connectivity index (χ3n) is 6.19. The van der Waals surface area contributed by atoms with Crippen molar-refractivity contribution in [1.82, 2.24) is 24.4 Å². The molecule has 0 saturated heterocycles. The van der Waals surface area contributed by atoms with Crippen LogP contribution in [0.15, 0.2) is 83.8 Å². The molecule has 6 aromatic rings. The fourth-order valence-corrected chi connectivity index (χ4v) is 5.12. The Kier molecular flexibility index (Phi) is 6.01. The molecule has 0 bridgehead atoms. The Morgan fingerprint density at radius 1 is 0.921 bits per heavy atom. The molecule has 3 heterocycles. The Morgan fingerprint density at radius 2 is 1.71 bits per heavy atom. The largest absolute Gasteiger partial charge is 0.291 e. The number of thiazole rings is 1. The van der Waals surface area contributed by atoms with Gasteiger partial charge in [0.15, 0.2) is 5.82 Å². The molecular weight excluding hydrogens is 497 g/mol. The van der Waals surface area contributed by atoms with Crippen LogP contribution in [0.25, 0.3) is 40.1 Å². The van der Waals surface area contributed by atoms with E-state index in [1.807, 2.05) is 47.3 Å². The highest BCUT2D eigenvalue weighted by Gasteiger charge is 2.15. The molecule has 0 unspecified atom stereocenters. The minimum Gasteiger partial charge on any atom is -0.266 e. The fourth-order valence-electron chi connectivity index (χ4n) is 4.21. The monoisotopic (exact) mass is 519 g/mol. The van der Waals surface area contributed by atoms with Gasteiger partial charge in [-0.25, -0.2) is 9.07 Å². The fraction of sp³-hybridized carbons (Fsp3) is 0.0667. The van der Waals surface area contributed by atoms with Crippen molar-refractivity contribution in [3.05, 3.63) is 128 Å². The zero-order valence-electron chi connectivity index (χ0n) is 20.7. The van der Waals surface area contributed by atoms with Gasteiger partial charge in [0, 0.05) is 17.3 Å². The number of rotatable bonds is 5. The second-order valence-electron chi connectivity index (χ2n) is 9.00. The van der Waals surface area contributed by atoms with E-state index in [0.717, 1.165) is 39.2 Å². The second kappa shape index (κ2) is 9.64. The van der Waals surface area contributed by atoms with Gasteiger partial charge in [-0.2, -0.15) is 14.6 Å². The SMILES string of the molecule is Cc1ccc(C)c(-c2nn(-c3ccccc3)cc2/C=c2\sc3nc(/C=C/c4ccc(F)cc4)nn3c2=O)c1. The summed E-state index contributed by atoms with van der Waals surface area (Å²) in [4.78, 5) is 18.2. The number of aryl methyl sites for hydroxylation is 2. The predicted octanol–water partition coefficient (Wildman–Crippen LogP) is 5.48. The number of halogens is 1. The minimum absolute atomic E-state index is 0.238. The summed E-state index contributed by atoms with van der Waals surface area (Å²) in [5, 5.41) is 9.28. The van der Waals surface area contributed by atoms with Crippen molar-refractivity contribution in [1.29, 1.82) is 0 Å². The molecule has 38 heavy (non-hydrogen) atoms. The molecule has 0 amide bonds. The van der Waals surface area contributed by atoms with Crippen molar-refractivity contribution in [2.45, 2.75) is 13.8 Å². The van der Waals surface area contributed by atoms with Crippen LogP contribution in [-0.2, 0) is 0 Å². The molecule has 0 fully saturated rings. The van der Waals surface area contributed by atoms with Gasteiger partial charge >= 0.3 is 0 Å². The van der Waals surface area contributed by atoms with Gasteiger partial charge in [-0.15, -0.1) is 5.10 Å². The van der Waals surface area contributed by atoms with Crippen LogP contribution in [0.1, 0.15) is 28.1 Å². The molecule has 0 saturated carbocycles. The molecular formula is C30H22FN5OS. The lowest BCUT2D eigenvalue weighted by Crippen LogP contribution is -2.23. The van der Waals surface area contributed by atoms with Crippen molar-refractivity contribution in [2.75, 3.05) is 0 Å². The molecule has 3 aromatic carbocycles. The lowest BCUT2D eigenvalue weighted by atomic mass is 10.0. The molecule has 3 aromatic heterocycles. The van der Waals surface area contributed by atoms with Crippen molar-refractivity contribution >= 4 is 34.5 Å². The van der Waals surface area contributed by atoms with E-state index in [2.05, 4.69) is 42.1 Å². The van der Waals surface area contributed by atoms with Crippen molar-refractivity contribution in [3.63, 3.8) is 0 Å². The summed E-state index contributed by atoms with van der Waals surface area (Å²) in [6.45, 7) is 4.11. The summed E-state index contributed by atoms with van der Waals surface area (Å²) in [6, 6.07) is 22.3. The summed E-state index contributed by atoms with van der Waals surface area (Å²) in [5.74, 6) is 0.120. The Labute approximate surface area is 221 Å². The number of aromatic nitrogens is 5. The normalized spacial score (nSPS) is 12.2. The Morgan fingerprint density at radius 3 is 2.47 bits per heavy atom. The molecule has 8 heteroatoms. The highest BCUT2D eigenvalue weighted by atomic mass is 32.1. The first kappa shape index (κ1) is 23.7. The predicted molar refractivity (Wildman–Crippen MR) is 150 cm³/mol. The van der Waals surface area contributed by atoms with Gasteiger partial charge in [-0.05, 0) is 67.5 Å². The number of para-hydroxylation sites is 1. The van der Waals surface area contributed by atoms with E-state index in [4.69, 9.17) is 5.10 Å². The highest BCUT2D eigenvalue weighted by Crippen LogP contribution is 2.28. The first-order valence-corrected chi connectivity index (χ1v) is 12.8. The van der Waals surface area contributed by atoms with Crippen LogP contribution in [-0.4, -0.2) is 24.4 Å². The van der Waals surface area contributed by atoms with Crippen molar-refractivity contribution < 1.29 is 4.39 Å². The number of benzene rings is 3. The van der Waals surface area contributed by atoms with E-state index >= 15 is 0 Å². The lowest BCUT2D eigenvalue weighted by molar-refractivity contribution is 0.628. The molecule has 6 rings (SSSR count). The van der Waals surface area contributed by atoms with E-state index in [0.29, 0.717) is 15.3 Å². The van der Waals surface area contributed by atoms with E-state index in [1.165, 1.54) is 28.0 Å². The lowest BCUT2D eigenvalue weighted by Gasteiger charge is -2.05. The summed E-state index contributed by atoms with van der Waals surface area (Å²) >= 11 is 1.28. The molecule has 0 aliphatic rings. The van der Waals surface area contributed by atoms with Crippen LogP contribution in [0.5, 0.6) is 0 Å². The van der Waals surface area contributed by atoms with Gasteiger partial charge in [0.1, 0.15) is 11.5 Å². The third-order valence-corrected chi connectivity index (χ3v) is 7.15. The summed E-state index contributed by atoms with van der Waals surface area (Å²) in [7, 11) is 0. The topological polar surface area (TPSA) is 65.1 Å². The van der Waals surface area contributed by atoms with E-state index < -0.39 is 0 Å². The molecule has 0 radical (unpaired) electrons. The van der Waals surface area contributed by atoms with Crippen LogP contribution in [0.3, 0.4) is 0 Å². The quantitative estimate of drug-likeness (QED) is 0.303. The Balaban J connectivity index is 1.43. The Hall–Kier alpha value is -4.69. The van der Waals surface area contributed by atoms with Gasteiger partial charge in [0.25, 0.3) is 5.56 Å². The van der Waals surface area contributed by atoms with Gasteiger partial charge < -0.3 is 0 Å². The molecule has 0 N–H and O–H groups in total. The first-order chi connectivity index (χ1) is 18.4.